The molecule has 278 valence electrons. The zero-order valence-electron chi connectivity index (χ0n) is 30.4. The van der Waals surface area contributed by atoms with Gasteiger partial charge in [-0.15, -0.1) is 0 Å². The average Bonchev–Trinajstić information content (AvgIpc) is 3.61. The second kappa shape index (κ2) is 17.2. The lowest BCUT2D eigenvalue weighted by atomic mass is 9.85. The number of methoxy groups -OCH3 is 4. The van der Waals surface area contributed by atoms with Gasteiger partial charge >= 0.3 is 0 Å². The van der Waals surface area contributed by atoms with Gasteiger partial charge in [-0.25, -0.2) is 0 Å². The number of carbonyl (C=O) groups is 2. The largest absolute Gasteiger partial charge is 0.493 e. The van der Waals surface area contributed by atoms with Gasteiger partial charge in [-0.2, -0.15) is 0 Å². The van der Waals surface area contributed by atoms with Crippen molar-refractivity contribution in [2.45, 2.75) is 44.7 Å². The maximum Gasteiger partial charge on any atom is 0.256 e. The highest BCUT2D eigenvalue weighted by atomic mass is 127. The number of aliphatic imine (C=N–C) groups is 1. The monoisotopic (exact) mass is 826 g/mol. The molecule has 0 saturated carbocycles. The van der Waals surface area contributed by atoms with Crippen LogP contribution in [0.1, 0.15) is 53.3 Å². The van der Waals surface area contributed by atoms with Gasteiger partial charge in [-0.1, -0.05) is 6.92 Å². The van der Waals surface area contributed by atoms with Crippen LogP contribution in [-0.4, -0.2) is 108 Å². The lowest BCUT2D eigenvalue weighted by molar-refractivity contribution is 0.0680. The van der Waals surface area contributed by atoms with Crippen molar-refractivity contribution >= 4 is 46.2 Å². The van der Waals surface area contributed by atoms with Gasteiger partial charge in [0.05, 0.1) is 55.9 Å². The minimum Gasteiger partial charge on any atom is -0.493 e. The first kappa shape index (κ1) is 37.7. The Morgan fingerprint density at radius 2 is 1.65 bits per heavy atom. The van der Waals surface area contributed by atoms with E-state index in [2.05, 4.69) is 44.7 Å². The van der Waals surface area contributed by atoms with E-state index in [1.807, 2.05) is 29.3 Å². The van der Waals surface area contributed by atoms with Crippen LogP contribution in [0.5, 0.6) is 40.2 Å². The summed E-state index contributed by atoms with van der Waals surface area (Å²) in [6, 6.07) is 12.5. The van der Waals surface area contributed by atoms with Crippen LogP contribution in [0.15, 0.2) is 47.5 Å². The number of ketones is 1. The molecule has 0 radical (unpaired) electrons. The fraction of sp³-hybridized carbons (Fsp3) is 0.462. The molecule has 3 aromatic carbocycles. The summed E-state index contributed by atoms with van der Waals surface area (Å²) in [4.78, 5) is 36.6. The number of amides is 1. The molecule has 0 bridgehead atoms. The minimum atomic E-state index is -0.260. The number of rotatable bonds is 15. The van der Waals surface area contributed by atoms with E-state index in [9.17, 15) is 9.59 Å². The standard InChI is InChI=1S/C39H47IN4O8/c1-6-27(37(45)24-9-10-32(29(40)18-24)52-26-19-35(48-3)38(50-5)36(20-26)49-4)31(43-15-12-41-13-16-43)11-17-51-34-22-30-28(21-33(34)47-2)39(46)44-14-7-8-25(44)23-42-30/h9-10,18-23,25,27,31,41H,6-8,11-17H2,1-5H3/t25-,27?,31?/m0/s1. The number of hydrogen-bond acceptors (Lipinski definition) is 11. The Morgan fingerprint density at radius 1 is 0.923 bits per heavy atom. The highest BCUT2D eigenvalue weighted by Gasteiger charge is 2.35. The first-order chi connectivity index (χ1) is 25.3. The third-order valence-corrected chi connectivity index (χ3v) is 10.9. The van der Waals surface area contributed by atoms with Crippen molar-refractivity contribution in [3.8, 4) is 40.2 Å². The summed E-state index contributed by atoms with van der Waals surface area (Å²) in [6.07, 6.45) is 5.06. The van der Waals surface area contributed by atoms with Crippen molar-refractivity contribution in [3.05, 3.63) is 57.2 Å². The van der Waals surface area contributed by atoms with E-state index in [1.165, 1.54) is 0 Å². The summed E-state index contributed by atoms with van der Waals surface area (Å²) in [5.41, 5.74) is 1.74. The van der Waals surface area contributed by atoms with Crippen LogP contribution in [0, 0.1) is 9.49 Å². The second-order valence-corrected chi connectivity index (χ2v) is 14.1. The normalized spacial score (nSPS) is 18.2. The van der Waals surface area contributed by atoms with E-state index in [-0.39, 0.29) is 29.7 Å². The summed E-state index contributed by atoms with van der Waals surface area (Å²) < 4.78 is 35.5. The molecule has 2 unspecified atom stereocenters. The van der Waals surface area contributed by atoms with Gasteiger partial charge < -0.3 is 38.6 Å². The van der Waals surface area contributed by atoms with Gasteiger partial charge in [0.25, 0.3) is 5.91 Å². The number of halogens is 1. The molecule has 2 saturated heterocycles. The maximum absolute atomic E-state index is 14.3. The highest BCUT2D eigenvalue weighted by molar-refractivity contribution is 14.1. The Hall–Kier alpha value is -4.08. The molecule has 1 N–H and O–H groups in total. The van der Waals surface area contributed by atoms with E-state index >= 15 is 0 Å². The quantitative estimate of drug-likeness (QED) is 0.136. The van der Waals surface area contributed by atoms with Crippen LogP contribution in [0.2, 0.25) is 0 Å². The highest BCUT2D eigenvalue weighted by Crippen LogP contribution is 2.43. The third kappa shape index (κ3) is 7.96. The number of piperazine rings is 1. The molecular formula is C39H47IN4O8. The van der Waals surface area contributed by atoms with Crippen molar-refractivity contribution in [1.29, 1.82) is 0 Å². The molecule has 3 aliphatic rings. The molecular weight excluding hydrogens is 779 g/mol. The Balaban J connectivity index is 1.19. The Labute approximate surface area is 318 Å². The van der Waals surface area contributed by atoms with Crippen molar-refractivity contribution in [3.63, 3.8) is 0 Å². The number of nitrogens with one attached hydrogen (secondary N) is 1. The SMILES string of the molecule is CCC(C(=O)c1ccc(Oc2cc(OC)c(OC)c(OC)c2)c(I)c1)C(CCOc1cc2c(cc1OC)C(=O)N1CCC[C@H]1C=N2)N1CCNCC1. The Kier molecular flexibility index (Phi) is 12.4. The molecule has 12 nitrogen and oxygen atoms in total. The summed E-state index contributed by atoms with van der Waals surface area (Å²) in [5.74, 6) is 3.38. The molecule has 13 heteroatoms. The van der Waals surface area contributed by atoms with E-state index in [4.69, 9.17) is 28.4 Å². The summed E-state index contributed by atoms with van der Waals surface area (Å²) >= 11 is 2.21. The number of Topliss-reactive ketones (excluding diaryl/α,β-unsaturated/α-hetero) is 1. The topological polar surface area (TPSA) is 120 Å². The lowest BCUT2D eigenvalue weighted by Crippen LogP contribution is -2.52. The van der Waals surface area contributed by atoms with E-state index < -0.39 is 0 Å². The molecule has 6 rings (SSSR count). The molecule has 3 aliphatic heterocycles. The number of nitrogens with zero attached hydrogens (tertiary/aromatic N) is 3. The summed E-state index contributed by atoms with van der Waals surface area (Å²) in [7, 11) is 6.25. The zero-order chi connectivity index (χ0) is 36.8. The van der Waals surface area contributed by atoms with Crippen molar-refractivity contribution in [2.24, 2.45) is 10.9 Å². The molecule has 2 fully saturated rings. The number of fused-ring (bicyclic) bond motifs is 2. The maximum atomic E-state index is 14.3. The van der Waals surface area contributed by atoms with Crippen LogP contribution in [0.3, 0.4) is 0 Å². The third-order valence-electron chi connectivity index (χ3n) is 10.1. The second-order valence-electron chi connectivity index (χ2n) is 13.0. The number of benzene rings is 3. The molecule has 0 aliphatic carbocycles. The Morgan fingerprint density at radius 3 is 2.31 bits per heavy atom. The molecule has 3 heterocycles. The molecule has 52 heavy (non-hydrogen) atoms. The van der Waals surface area contributed by atoms with Gasteiger partial charge in [0.15, 0.2) is 28.8 Å². The summed E-state index contributed by atoms with van der Waals surface area (Å²) in [5, 5.41) is 3.43. The van der Waals surface area contributed by atoms with E-state index in [1.54, 1.807) is 52.7 Å². The van der Waals surface area contributed by atoms with Gasteiger partial charge in [0, 0.05) is 74.7 Å². The zero-order valence-corrected chi connectivity index (χ0v) is 32.6. The van der Waals surface area contributed by atoms with E-state index in [0.29, 0.717) is 76.5 Å². The molecule has 3 atom stereocenters. The number of carbonyl (C=O) groups excluding carboxylic acids is 2. The first-order valence-corrected chi connectivity index (χ1v) is 18.8. The summed E-state index contributed by atoms with van der Waals surface area (Å²) in [6.45, 7) is 6.55. The van der Waals surface area contributed by atoms with Gasteiger partial charge in [-0.3, -0.25) is 19.5 Å². The van der Waals surface area contributed by atoms with Crippen molar-refractivity contribution in [2.75, 3.05) is 67.8 Å². The van der Waals surface area contributed by atoms with Gasteiger partial charge in [0.2, 0.25) is 5.75 Å². The molecule has 1 amide bonds. The van der Waals surface area contributed by atoms with Crippen LogP contribution in [-0.2, 0) is 0 Å². The van der Waals surface area contributed by atoms with Crippen molar-refractivity contribution in [1.82, 2.24) is 15.1 Å². The van der Waals surface area contributed by atoms with Crippen LogP contribution < -0.4 is 33.7 Å². The van der Waals surface area contributed by atoms with E-state index in [0.717, 1.165) is 49.1 Å². The molecule has 0 spiro atoms. The lowest BCUT2D eigenvalue weighted by Gasteiger charge is -2.38. The predicted octanol–water partition coefficient (Wildman–Crippen LogP) is 6.39. The predicted molar refractivity (Wildman–Crippen MR) is 207 cm³/mol. The fourth-order valence-corrected chi connectivity index (χ4v) is 8.01. The van der Waals surface area contributed by atoms with Crippen LogP contribution >= 0.6 is 22.6 Å². The Bertz CT molecular complexity index is 1770. The first-order valence-electron chi connectivity index (χ1n) is 17.8. The fourth-order valence-electron chi connectivity index (χ4n) is 7.39. The van der Waals surface area contributed by atoms with Crippen LogP contribution in [0.25, 0.3) is 0 Å². The number of ether oxygens (including phenoxy) is 6. The molecule has 3 aromatic rings. The van der Waals surface area contributed by atoms with Gasteiger partial charge in [0.1, 0.15) is 11.5 Å². The van der Waals surface area contributed by atoms with Crippen molar-refractivity contribution < 1.29 is 38.0 Å². The smallest absolute Gasteiger partial charge is 0.256 e. The molecule has 0 aromatic heterocycles. The number of hydrogen-bond donors (Lipinski definition) is 1. The average molecular weight is 827 g/mol. The minimum absolute atomic E-state index is 0.0206. The van der Waals surface area contributed by atoms with Crippen LogP contribution in [0.4, 0.5) is 5.69 Å². The van der Waals surface area contributed by atoms with Gasteiger partial charge in [-0.05, 0) is 72.5 Å².